The lowest BCUT2D eigenvalue weighted by Crippen LogP contribution is -2.55. The van der Waals surface area contributed by atoms with Gasteiger partial charge in [-0.05, 0) is 57.6 Å². The van der Waals surface area contributed by atoms with Crippen LogP contribution in [0.5, 0.6) is 0 Å². The summed E-state index contributed by atoms with van der Waals surface area (Å²) in [6.45, 7) is 16.4. The van der Waals surface area contributed by atoms with E-state index >= 15 is 0 Å². The summed E-state index contributed by atoms with van der Waals surface area (Å²) in [7, 11) is 0. The van der Waals surface area contributed by atoms with Gasteiger partial charge in [0.05, 0.1) is 0 Å². The average Bonchev–Trinajstić information content (AvgIpc) is 2.81. The van der Waals surface area contributed by atoms with Gasteiger partial charge in [0.25, 0.3) is 0 Å². The highest BCUT2D eigenvalue weighted by atomic mass is 16.6. The van der Waals surface area contributed by atoms with Gasteiger partial charge in [0.15, 0.2) is 0 Å². The lowest BCUT2D eigenvalue weighted by atomic mass is 9.94. The Balaban J connectivity index is 3.43. The van der Waals surface area contributed by atoms with E-state index in [1.165, 1.54) is 0 Å². The standard InChI is InChI=1S/C29H49N3O4/c1-9-12-16-19-30-26(33)25(23-18-15-14-17-22(23)5)32(20-13-10-2)27(34)24(21(4)11-3)31-28(35)36-29(6,7)8/h14-15,17-18,21,24-25H,9-13,16,19-20H2,1-8H3,(H,30,33)(H,31,35). The van der Waals surface area contributed by atoms with Gasteiger partial charge in [-0.2, -0.15) is 0 Å². The Labute approximate surface area is 218 Å². The van der Waals surface area contributed by atoms with Gasteiger partial charge in [-0.25, -0.2) is 4.79 Å². The molecule has 7 heteroatoms. The van der Waals surface area contributed by atoms with Crippen LogP contribution in [0.4, 0.5) is 4.79 Å². The van der Waals surface area contributed by atoms with Crippen LogP contribution >= 0.6 is 0 Å². The number of rotatable bonds is 14. The Morgan fingerprint density at radius 2 is 1.64 bits per heavy atom. The lowest BCUT2D eigenvalue weighted by Gasteiger charge is -2.36. The molecule has 0 spiro atoms. The molecule has 1 aromatic rings. The molecule has 7 nitrogen and oxygen atoms in total. The number of alkyl carbamates (subject to hydrolysis) is 1. The van der Waals surface area contributed by atoms with E-state index in [-0.39, 0.29) is 17.7 Å². The van der Waals surface area contributed by atoms with E-state index in [4.69, 9.17) is 4.74 Å². The molecule has 3 atom stereocenters. The maximum atomic E-state index is 14.1. The molecule has 0 aliphatic rings. The first-order valence-electron chi connectivity index (χ1n) is 13.6. The first-order chi connectivity index (χ1) is 17.0. The third kappa shape index (κ3) is 10.2. The van der Waals surface area contributed by atoms with E-state index < -0.39 is 23.8 Å². The van der Waals surface area contributed by atoms with Crippen LogP contribution in [0.1, 0.15) is 104 Å². The van der Waals surface area contributed by atoms with Crippen LogP contribution in [0.3, 0.4) is 0 Å². The Morgan fingerprint density at radius 1 is 1.00 bits per heavy atom. The zero-order chi connectivity index (χ0) is 27.3. The number of ether oxygens (including phenoxy) is 1. The molecule has 2 N–H and O–H groups in total. The molecular formula is C29H49N3O4. The van der Waals surface area contributed by atoms with Crippen LogP contribution in [0.2, 0.25) is 0 Å². The van der Waals surface area contributed by atoms with E-state index in [1.807, 2.05) is 45.0 Å². The minimum absolute atomic E-state index is 0.140. The SMILES string of the molecule is CCCCCNC(=O)C(c1ccccc1C)N(CCCC)C(=O)C(NC(=O)OC(C)(C)C)C(C)CC. The quantitative estimate of drug-likeness (QED) is 0.309. The summed E-state index contributed by atoms with van der Waals surface area (Å²) in [6.07, 6.45) is 4.66. The van der Waals surface area contributed by atoms with E-state index in [0.29, 0.717) is 19.5 Å². The summed E-state index contributed by atoms with van der Waals surface area (Å²) in [5.74, 6) is -0.593. The van der Waals surface area contributed by atoms with Crippen molar-refractivity contribution in [2.45, 2.75) is 112 Å². The number of benzene rings is 1. The number of aryl methyl sites for hydroxylation is 1. The fraction of sp³-hybridized carbons (Fsp3) is 0.690. The number of nitrogens with zero attached hydrogens (tertiary/aromatic N) is 1. The Morgan fingerprint density at radius 3 is 2.19 bits per heavy atom. The van der Waals surface area contributed by atoms with Crippen molar-refractivity contribution in [1.29, 1.82) is 0 Å². The van der Waals surface area contributed by atoms with Crippen molar-refractivity contribution in [2.24, 2.45) is 5.92 Å². The van der Waals surface area contributed by atoms with Crippen molar-refractivity contribution in [3.8, 4) is 0 Å². The predicted molar refractivity (Wildman–Crippen MR) is 146 cm³/mol. The molecule has 3 amide bonds. The van der Waals surface area contributed by atoms with E-state index in [9.17, 15) is 14.4 Å². The zero-order valence-corrected chi connectivity index (χ0v) is 23.8. The van der Waals surface area contributed by atoms with Crippen LogP contribution in [-0.4, -0.2) is 47.5 Å². The minimum atomic E-state index is -0.805. The molecule has 204 valence electrons. The highest BCUT2D eigenvalue weighted by Gasteiger charge is 2.38. The van der Waals surface area contributed by atoms with E-state index in [2.05, 4.69) is 24.5 Å². The summed E-state index contributed by atoms with van der Waals surface area (Å²) in [6, 6.07) is 6.12. The molecule has 0 saturated carbocycles. The van der Waals surface area contributed by atoms with Gasteiger partial charge >= 0.3 is 6.09 Å². The van der Waals surface area contributed by atoms with Gasteiger partial charge in [-0.3, -0.25) is 9.59 Å². The van der Waals surface area contributed by atoms with Crippen molar-refractivity contribution in [3.05, 3.63) is 35.4 Å². The number of hydrogen-bond donors (Lipinski definition) is 2. The fourth-order valence-corrected chi connectivity index (χ4v) is 4.02. The molecule has 1 aromatic carbocycles. The van der Waals surface area contributed by atoms with Crippen LogP contribution in [0.15, 0.2) is 24.3 Å². The maximum absolute atomic E-state index is 14.1. The Hall–Kier alpha value is -2.57. The average molecular weight is 504 g/mol. The van der Waals surface area contributed by atoms with Crippen molar-refractivity contribution < 1.29 is 19.1 Å². The number of unbranched alkanes of at least 4 members (excludes halogenated alkanes) is 3. The van der Waals surface area contributed by atoms with Gasteiger partial charge in [0.1, 0.15) is 17.7 Å². The highest BCUT2D eigenvalue weighted by molar-refractivity contribution is 5.92. The summed E-state index contributed by atoms with van der Waals surface area (Å²) in [5.41, 5.74) is 1.06. The van der Waals surface area contributed by atoms with Crippen molar-refractivity contribution >= 4 is 17.9 Å². The molecule has 0 fully saturated rings. The van der Waals surface area contributed by atoms with Crippen LogP contribution < -0.4 is 10.6 Å². The van der Waals surface area contributed by atoms with Crippen LogP contribution in [-0.2, 0) is 14.3 Å². The van der Waals surface area contributed by atoms with E-state index in [1.54, 1.807) is 25.7 Å². The molecule has 0 radical (unpaired) electrons. The van der Waals surface area contributed by atoms with Crippen molar-refractivity contribution in [2.75, 3.05) is 13.1 Å². The first-order valence-corrected chi connectivity index (χ1v) is 13.6. The predicted octanol–water partition coefficient (Wildman–Crippen LogP) is 5.91. The molecule has 0 saturated heterocycles. The van der Waals surface area contributed by atoms with E-state index in [0.717, 1.165) is 43.2 Å². The molecular weight excluding hydrogens is 454 g/mol. The number of carbonyl (C=O) groups is 3. The molecule has 0 aromatic heterocycles. The second kappa shape index (κ2) is 15.5. The van der Waals surface area contributed by atoms with Gasteiger partial charge in [-0.1, -0.05) is 77.6 Å². The minimum Gasteiger partial charge on any atom is -0.444 e. The fourth-order valence-electron chi connectivity index (χ4n) is 4.02. The number of nitrogens with one attached hydrogen (secondary N) is 2. The summed E-state index contributed by atoms with van der Waals surface area (Å²) in [5, 5.41) is 5.88. The normalized spacial score (nSPS) is 13.9. The molecule has 0 bridgehead atoms. The molecule has 0 aliphatic carbocycles. The number of hydrogen-bond acceptors (Lipinski definition) is 4. The smallest absolute Gasteiger partial charge is 0.408 e. The maximum Gasteiger partial charge on any atom is 0.408 e. The largest absolute Gasteiger partial charge is 0.444 e. The monoisotopic (exact) mass is 503 g/mol. The lowest BCUT2D eigenvalue weighted by molar-refractivity contribution is -0.143. The van der Waals surface area contributed by atoms with Crippen LogP contribution in [0, 0.1) is 12.8 Å². The van der Waals surface area contributed by atoms with Crippen LogP contribution in [0.25, 0.3) is 0 Å². The zero-order valence-electron chi connectivity index (χ0n) is 23.8. The van der Waals surface area contributed by atoms with Gasteiger partial charge < -0.3 is 20.3 Å². The molecule has 0 aliphatic heterocycles. The highest BCUT2D eigenvalue weighted by Crippen LogP contribution is 2.27. The number of amides is 3. The Bertz CT molecular complexity index is 834. The molecule has 3 unspecified atom stereocenters. The summed E-state index contributed by atoms with van der Waals surface area (Å²) < 4.78 is 5.46. The van der Waals surface area contributed by atoms with Crippen molar-refractivity contribution in [3.63, 3.8) is 0 Å². The van der Waals surface area contributed by atoms with Gasteiger partial charge in [0.2, 0.25) is 11.8 Å². The third-order valence-electron chi connectivity index (χ3n) is 6.31. The second-order valence-corrected chi connectivity index (χ2v) is 10.7. The number of carbonyl (C=O) groups excluding carboxylic acids is 3. The Kier molecular flexibility index (Phi) is 13.6. The summed E-state index contributed by atoms with van der Waals surface area (Å²) in [4.78, 5) is 42.1. The first kappa shape index (κ1) is 31.5. The van der Waals surface area contributed by atoms with Gasteiger partial charge in [0, 0.05) is 13.1 Å². The molecule has 1 rings (SSSR count). The molecule has 0 heterocycles. The van der Waals surface area contributed by atoms with Crippen molar-refractivity contribution in [1.82, 2.24) is 15.5 Å². The molecule has 36 heavy (non-hydrogen) atoms. The van der Waals surface area contributed by atoms with Gasteiger partial charge in [-0.15, -0.1) is 0 Å². The topological polar surface area (TPSA) is 87.7 Å². The third-order valence-corrected chi connectivity index (χ3v) is 6.31. The summed E-state index contributed by atoms with van der Waals surface area (Å²) >= 11 is 0. The second-order valence-electron chi connectivity index (χ2n) is 10.7.